The first-order valence-electron chi connectivity index (χ1n) is 5.42. The van der Waals surface area contributed by atoms with Gasteiger partial charge in [-0.15, -0.1) is 0 Å². The maximum absolute atomic E-state index is 6.08. The smallest absolute Gasteiger partial charge is 0.223 e. The number of hydrogen-bond acceptors (Lipinski definition) is 4. The van der Waals surface area contributed by atoms with Crippen molar-refractivity contribution in [3.05, 3.63) is 47.4 Å². The molecule has 90 valence electrons. The van der Waals surface area contributed by atoms with Crippen molar-refractivity contribution < 1.29 is 0 Å². The van der Waals surface area contributed by atoms with E-state index < -0.39 is 0 Å². The predicted octanol–water partition coefficient (Wildman–Crippen LogP) is 2.11. The minimum Gasteiger partial charge on any atom is -0.368 e. The summed E-state index contributed by atoms with van der Waals surface area (Å²) >= 11 is 6.08. The van der Waals surface area contributed by atoms with E-state index in [1.165, 1.54) is 0 Å². The molecule has 0 unspecified atom stereocenters. The highest BCUT2D eigenvalue weighted by molar-refractivity contribution is 6.33. The van der Waals surface area contributed by atoms with Crippen LogP contribution in [0.4, 0.5) is 5.95 Å². The van der Waals surface area contributed by atoms with Crippen LogP contribution in [0.1, 0.15) is 5.56 Å². The van der Waals surface area contributed by atoms with Crippen molar-refractivity contribution in [1.82, 2.24) is 19.5 Å². The average molecular weight is 260 g/mol. The molecule has 0 amide bonds. The predicted molar refractivity (Wildman–Crippen MR) is 70.3 cm³/mol. The number of nitrogens with zero attached hydrogens (tertiary/aromatic N) is 4. The Bertz CT molecular complexity index is 692. The number of anilines is 1. The van der Waals surface area contributed by atoms with Crippen molar-refractivity contribution >= 4 is 28.7 Å². The van der Waals surface area contributed by atoms with Crippen LogP contribution in [0.5, 0.6) is 0 Å². The van der Waals surface area contributed by atoms with E-state index in [1.807, 2.05) is 34.9 Å². The lowest BCUT2D eigenvalue weighted by molar-refractivity contribution is 0.823. The molecule has 2 N–H and O–H groups in total. The molecule has 3 rings (SSSR count). The minimum atomic E-state index is 0.137. The maximum atomic E-state index is 6.08. The van der Waals surface area contributed by atoms with Crippen LogP contribution in [0.15, 0.2) is 36.7 Å². The topological polar surface area (TPSA) is 69.6 Å². The van der Waals surface area contributed by atoms with Gasteiger partial charge in [-0.2, -0.15) is 9.97 Å². The van der Waals surface area contributed by atoms with Gasteiger partial charge in [-0.05, 0) is 5.56 Å². The third-order valence-corrected chi connectivity index (χ3v) is 2.91. The normalized spacial score (nSPS) is 10.9. The van der Waals surface area contributed by atoms with Gasteiger partial charge in [-0.3, -0.25) is 0 Å². The number of halogens is 1. The zero-order valence-corrected chi connectivity index (χ0v) is 10.2. The van der Waals surface area contributed by atoms with Crippen LogP contribution in [0.25, 0.3) is 11.2 Å². The molecule has 2 heterocycles. The number of nitrogens with two attached hydrogens (primary N) is 1. The Labute approximate surface area is 108 Å². The molecule has 18 heavy (non-hydrogen) atoms. The maximum Gasteiger partial charge on any atom is 0.223 e. The summed E-state index contributed by atoms with van der Waals surface area (Å²) in [5.74, 6) is 0.137. The Morgan fingerprint density at radius 2 is 1.94 bits per heavy atom. The van der Waals surface area contributed by atoms with E-state index in [9.17, 15) is 0 Å². The molecule has 0 atom stereocenters. The first-order chi connectivity index (χ1) is 8.74. The summed E-state index contributed by atoms with van der Waals surface area (Å²) in [5.41, 5.74) is 7.91. The van der Waals surface area contributed by atoms with Gasteiger partial charge in [0, 0.05) is 6.54 Å². The Morgan fingerprint density at radius 3 is 2.72 bits per heavy atom. The highest BCUT2D eigenvalue weighted by atomic mass is 35.5. The number of hydrogen-bond donors (Lipinski definition) is 1. The van der Waals surface area contributed by atoms with Gasteiger partial charge >= 0.3 is 0 Å². The van der Waals surface area contributed by atoms with Crippen LogP contribution in [0.2, 0.25) is 5.15 Å². The molecule has 0 radical (unpaired) electrons. The summed E-state index contributed by atoms with van der Waals surface area (Å²) < 4.78 is 1.91. The van der Waals surface area contributed by atoms with Gasteiger partial charge in [-0.1, -0.05) is 41.9 Å². The lowest BCUT2D eigenvalue weighted by Crippen LogP contribution is -2.01. The van der Waals surface area contributed by atoms with E-state index in [2.05, 4.69) is 15.0 Å². The second-order valence-corrected chi connectivity index (χ2v) is 4.26. The fourth-order valence-corrected chi connectivity index (χ4v) is 2.13. The standard InChI is InChI=1S/C12H10ClN5/c13-10-9-11(17-12(14)16-10)15-7-18(9)6-8-4-2-1-3-5-8/h1-5,7H,6H2,(H2,14,16,17). The van der Waals surface area contributed by atoms with Crippen LogP contribution >= 0.6 is 11.6 Å². The van der Waals surface area contributed by atoms with E-state index >= 15 is 0 Å². The lowest BCUT2D eigenvalue weighted by atomic mass is 10.2. The fourth-order valence-electron chi connectivity index (χ4n) is 1.85. The summed E-state index contributed by atoms with van der Waals surface area (Å²) in [5, 5.41) is 0.325. The van der Waals surface area contributed by atoms with Crippen LogP contribution in [-0.2, 0) is 6.54 Å². The Morgan fingerprint density at radius 1 is 1.17 bits per heavy atom. The van der Waals surface area contributed by atoms with Crippen LogP contribution in [0, 0.1) is 0 Å². The number of imidazole rings is 1. The highest BCUT2D eigenvalue weighted by Crippen LogP contribution is 2.21. The zero-order chi connectivity index (χ0) is 12.5. The van der Waals surface area contributed by atoms with Crippen molar-refractivity contribution in [3.8, 4) is 0 Å². The van der Waals surface area contributed by atoms with E-state index in [0.29, 0.717) is 22.9 Å². The van der Waals surface area contributed by atoms with E-state index in [4.69, 9.17) is 17.3 Å². The fraction of sp³-hybridized carbons (Fsp3) is 0.0833. The van der Waals surface area contributed by atoms with Crippen molar-refractivity contribution in [1.29, 1.82) is 0 Å². The molecule has 0 aliphatic carbocycles. The summed E-state index contributed by atoms with van der Waals surface area (Å²) in [6, 6.07) is 10.0. The number of benzene rings is 1. The van der Waals surface area contributed by atoms with Gasteiger partial charge in [0.2, 0.25) is 5.95 Å². The zero-order valence-electron chi connectivity index (χ0n) is 9.42. The molecule has 1 aromatic carbocycles. The van der Waals surface area contributed by atoms with E-state index in [0.717, 1.165) is 5.56 Å². The van der Waals surface area contributed by atoms with Crippen LogP contribution in [0.3, 0.4) is 0 Å². The number of fused-ring (bicyclic) bond motifs is 1. The van der Waals surface area contributed by atoms with Crippen molar-refractivity contribution in [2.24, 2.45) is 0 Å². The number of aromatic nitrogens is 4. The van der Waals surface area contributed by atoms with Crippen molar-refractivity contribution in [3.63, 3.8) is 0 Å². The van der Waals surface area contributed by atoms with Crippen molar-refractivity contribution in [2.45, 2.75) is 6.54 Å². The van der Waals surface area contributed by atoms with E-state index in [1.54, 1.807) is 6.33 Å². The summed E-state index contributed by atoms with van der Waals surface area (Å²) in [6.07, 6.45) is 1.69. The molecule has 0 aliphatic rings. The molecule has 6 heteroatoms. The van der Waals surface area contributed by atoms with Crippen molar-refractivity contribution in [2.75, 3.05) is 5.73 Å². The molecule has 0 spiro atoms. The average Bonchev–Trinajstić information content (AvgIpc) is 2.73. The van der Waals surface area contributed by atoms with Gasteiger partial charge in [0.05, 0.1) is 6.33 Å². The Hall–Kier alpha value is -2.14. The molecule has 0 fully saturated rings. The molecule has 3 aromatic rings. The van der Waals surface area contributed by atoms with Crippen LogP contribution in [-0.4, -0.2) is 19.5 Å². The number of rotatable bonds is 2. The molecule has 0 saturated heterocycles. The summed E-state index contributed by atoms with van der Waals surface area (Å²) in [4.78, 5) is 12.2. The van der Waals surface area contributed by atoms with Gasteiger partial charge in [0.25, 0.3) is 0 Å². The summed E-state index contributed by atoms with van der Waals surface area (Å²) in [6.45, 7) is 0.671. The molecule has 5 nitrogen and oxygen atoms in total. The molecule has 0 bridgehead atoms. The third kappa shape index (κ3) is 1.89. The van der Waals surface area contributed by atoms with Gasteiger partial charge in [-0.25, -0.2) is 4.98 Å². The number of nitrogen functional groups attached to an aromatic ring is 1. The minimum absolute atomic E-state index is 0.137. The molecule has 0 aliphatic heterocycles. The first-order valence-corrected chi connectivity index (χ1v) is 5.79. The third-order valence-electron chi connectivity index (χ3n) is 2.64. The van der Waals surface area contributed by atoms with Gasteiger partial charge in [0.1, 0.15) is 5.52 Å². The second kappa shape index (κ2) is 4.27. The quantitative estimate of drug-likeness (QED) is 0.716. The van der Waals surface area contributed by atoms with Crippen LogP contribution < -0.4 is 5.73 Å². The van der Waals surface area contributed by atoms with Gasteiger partial charge in [0.15, 0.2) is 10.8 Å². The Kier molecular flexibility index (Phi) is 2.60. The highest BCUT2D eigenvalue weighted by Gasteiger charge is 2.10. The molecule has 0 saturated carbocycles. The molecule has 2 aromatic heterocycles. The first kappa shape index (κ1) is 11.0. The lowest BCUT2D eigenvalue weighted by Gasteiger charge is -2.05. The summed E-state index contributed by atoms with van der Waals surface area (Å²) in [7, 11) is 0. The monoisotopic (exact) mass is 259 g/mol. The van der Waals surface area contributed by atoms with Gasteiger partial charge < -0.3 is 10.3 Å². The largest absolute Gasteiger partial charge is 0.368 e. The molecular formula is C12H10ClN5. The Balaban J connectivity index is 2.08. The van der Waals surface area contributed by atoms with E-state index in [-0.39, 0.29) is 5.95 Å². The second-order valence-electron chi connectivity index (χ2n) is 3.90. The molecular weight excluding hydrogens is 250 g/mol. The SMILES string of the molecule is Nc1nc(Cl)c2c(ncn2Cc2ccccc2)n1.